The molecule has 2 N–H and O–H groups in total. The van der Waals surface area contributed by atoms with Crippen molar-refractivity contribution in [3.63, 3.8) is 0 Å². The number of aryl methyl sites for hydroxylation is 2. The summed E-state index contributed by atoms with van der Waals surface area (Å²) in [6.07, 6.45) is 1.93. The first-order valence-electron chi connectivity index (χ1n) is 15.0. The first-order chi connectivity index (χ1) is 19.8. The molecule has 3 aromatic rings. The first kappa shape index (κ1) is 32.6. The van der Waals surface area contributed by atoms with Gasteiger partial charge >= 0.3 is 6.09 Å². The Labute approximate surface area is 251 Å². The fraction of sp³-hybridized carbons (Fsp3) is 0.457. The van der Waals surface area contributed by atoms with Crippen LogP contribution in [0.1, 0.15) is 83.5 Å². The second-order valence-corrected chi connectivity index (χ2v) is 12.4. The van der Waals surface area contributed by atoms with Gasteiger partial charge in [0.05, 0.1) is 0 Å². The molecular weight excluding hydrogens is 526 g/mol. The second-order valence-electron chi connectivity index (χ2n) is 12.4. The third-order valence-corrected chi connectivity index (χ3v) is 7.28. The lowest BCUT2D eigenvalue weighted by molar-refractivity contribution is -0.141. The molecule has 0 heterocycles. The van der Waals surface area contributed by atoms with E-state index in [1.54, 1.807) is 25.7 Å². The van der Waals surface area contributed by atoms with Crippen LogP contribution in [0.3, 0.4) is 0 Å². The Balaban J connectivity index is 2.08. The van der Waals surface area contributed by atoms with Gasteiger partial charge in [-0.05, 0) is 86.6 Å². The lowest BCUT2D eigenvalue weighted by Gasteiger charge is -2.36. The van der Waals surface area contributed by atoms with Gasteiger partial charge in [0.25, 0.3) is 5.91 Å². The van der Waals surface area contributed by atoms with Gasteiger partial charge < -0.3 is 20.3 Å². The number of unbranched alkanes of at least 4 members (excludes halogenated alkanes) is 2. The number of amides is 3. The largest absolute Gasteiger partial charge is 0.444 e. The molecule has 0 aliphatic heterocycles. The third kappa shape index (κ3) is 8.57. The van der Waals surface area contributed by atoms with Gasteiger partial charge in [-0.3, -0.25) is 9.59 Å². The number of ether oxygens (including phenoxy) is 1. The molecule has 0 aliphatic carbocycles. The van der Waals surface area contributed by atoms with Crippen LogP contribution in [0.2, 0.25) is 0 Å². The number of hydrogen-bond donors (Lipinski definition) is 2. The number of fused-ring (bicyclic) bond motifs is 1. The van der Waals surface area contributed by atoms with E-state index in [9.17, 15) is 14.4 Å². The smallest absolute Gasteiger partial charge is 0.408 e. The monoisotopic (exact) mass is 573 g/mol. The lowest BCUT2D eigenvalue weighted by atomic mass is 9.92. The normalized spacial score (nSPS) is 13.0. The maximum Gasteiger partial charge on any atom is 0.408 e. The minimum Gasteiger partial charge on any atom is -0.444 e. The standard InChI is InChI=1S/C35H47N3O4/c1-9-10-13-21-38(33(40)30(23(2)3)37-34(41)42-35(6,7)8)31(29-24(4)15-14-16-25(29)5)32(39)36-28-20-19-26-17-11-12-18-27(26)22-28/h11-12,14-20,22-23,30-31H,9-10,13,21H2,1-8H3,(H,36,39)(H,37,41). The Morgan fingerprint density at radius 2 is 1.52 bits per heavy atom. The summed E-state index contributed by atoms with van der Waals surface area (Å²) in [6, 6.07) is 17.9. The van der Waals surface area contributed by atoms with Crippen molar-refractivity contribution in [3.8, 4) is 0 Å². The maximum atomic E-state index is 14.4. The minimum absolute atomic E-state index is 0.235. The van der Waals surface area contributed by atoms with Crippen LogP contribution in [-0.2, 0) is 14.3 Å². The van der Waals surface area contributed by atoms with Crippen molar-refractivity contribution in [2.75, 3.05) is 11.9 Å². The van der Waals surface area contributed by atoms with Crippen molar-refractivity contribution in [2.45, 2.75) is 92.3 Å². The van der Waals surface area contributed by atoms with Gasteiger partial charge in [-0.1, -0.05) is 82.1 Å². The van der Waals surface area contributed by atoms with Crippen LogP contribution in [0.4, 0.5) is 10.5 Å². The van der Waals surface area contributed by atoms with Gasteiger partial charge in [-0.2, -0.15) is 0 Å². The van der Waals surface area contributed by atoms with Crippen molar-refractivity contribution in [1.82, 2.24) is 10.2 Å². The second kappa shape index (κ2) is 14.3. The molecule has 0 spiro atoms. The first-order valence-corrected chi connectivity index (χ1v) is 15.0. The van der Waals surface area contributed by atoms with Gasteiger partial charge in [0.1, 0.15) is 17.7 Å². The maximum absolute atomic E-state index is 14.4. The van der Waals surface area contributed by atoms with Gasteiger partial charge in [-0.15, -0.1) is 0 Å². The van der Waals surface area contributed by atoms with Crippen LogP contribution in [0.25, 0.3) is 10.8 Å². The summed E-state index contributed by atoms with van der Waals surface area (Å²) in [5.41, 5.74) is 2.57. The van der Waals surface area contributed by atoms with Crippen molar-refractivity contribution in [3.05, 3.63) is 77.4 Å². The number of hydrogen-bond acceptors (Lipinski definition) is 4. The summed E-state index contributed by atoms with van der Waals surface area (Å²) in [6.45, 7) is 15.5. The summed E-state index contributed by atoms with van der Waals surface area (Å²) < 4.78 is 5.49. The molecule has 3 aromatic carbocycles. The predicted molar refractivity (Wildman–Crippen MR) is 170 cm³/mol. The fourth-order valence-electron chi connectivity index (χ4n) is 5.19. The minimum atomic E-state index is -0.899. The average Bonchev–Trinajstić information content (AvgIpc) is 2.91. The van der Waals surface area contributed by atoms with Crippen LogP contribution >= 0.6 is 0 Å². The van der Waals surface area contributed by atoms with Crippen LogP contribution in [0.15, 0.2) is 60.7 Å². The van der Waals surface area contributed by atoms with Gasteiger partial charge in [-0.25, -0.2) is 4.79 Å². The van der Waals surface area contributed by atoms with Crippen molar-refractivity contribution in [2.24, 2.45) is 5.92 Å². The molecule has 0 saturated carbocycles. The molecule has 0 aromatic heterocycles. The Bertz CT molecular complexity index is 1370. The van der Waals surface area contributed by atoms with E-state index in [-0.39, 0.29) is 17.7 Å². The van der Waals surface area contributed by atoms with E-state index < -0.39 is 23.8 Å². The van der Waals surface area contributed by atoms with E-state index in [1.807, 2.05) is 88.4 Å². The summed E-state index contributed by atoms with van der Waals surface area (Å²) in [5, 5.41) is 8.00. The van der Waals surface area contributed by atoms with Crippen molar-refractivity contribution in [1.29, 1.82) is 0 Å². The molecule has 226 valence electrons. The molecule has 0 fully saturated rings. The Kier molecular flexibility index (Phi) is 11.1. The SMILES string of the molecule is CCCCCN(C(=O)C(NC(=O)OC(C)(C)C)C(C)C)C(C(=O)Nc1ccc2ccccc2c1)c1c(C)cccc1C. The number of carbonyl (C=O) groups excluding carboxylic acids is 3. The number of anilines is 1. The highest BCUT2D eigenvalue weighted by Gasteiger charge is 2.38. The van der Waals surface area contributed by atoms with Gasteiger partial charge in [0, 0.05) is 12.2 Å². The highest BCUT2D eigenvalue weighted by Crippen LogP contribution is 2.31. The molecule has 7 nitrogen and oxygen atoms in total. The molecule has 0 saturated heterocycles. The van der Waals surface area contributed by atoms with Gasteiger partial charge in [0.2, 0.25) is 5.91 Å². The Hall–Kier alpha value is -3.87. The Morgan fingerprint density at radius 1 is 0.881 bits per heavy atom. The molecule has 2 atom stereocenters. The van der Waals surface area contributed by atoms with E-state index in [0.29, 0.717) is 12.2 Å². The number of carbonyl (C=O) groups is 3. The topological polar surface area (TPSA) is 87.7 Å². The van der Waals surface area contributed by atoms with E-state index in [4.69, 9.17) is 4.74 Å². The molecule has 0 radical (unpaired) electrons. The number of nitrogens with zero attached hydrogens (tertiary/aromatic N) is 1. The van der Waals surface area contributed by atoms with Crippen LogP contribution in [0.5, 0.6) is 0 Å². The zero-order valence-corrected chi connectivity index (χ0v) is 26.4. The van der Waals surface area contributed by atoms with Gasteiger partial charge in [0.15, 0.2) is 0 Å². The van der Waals surface area contributed by atoms with E-state index in [1.165, 1.54) is 0 Å². The van der Waals surface area contributed by atoms with Crippen LogP contribution in [-0.4, -0.2) is 41.0 Å². The lowest BCUT2D eigenvalue weighted by Crippen LogP contribution is -2.54. The summed E-state index contributed by atoms with van der Waals surface area (Å²) in [5.74, 6) is -0.846. The highest BCUT2D eigenvalue weighted by atomic mass is 16.6. The number of nitrogens with one attached hydrogen (secondary N) is 2. The molecular formula is C35H47N3O4. The Morgan fingerprint density at radius 3 is 2.12 bits per heavy atom. The molecule has 7 heteroatoms. The molecule has 0 aliphatic rings. The average molecular weight is 574 g/mol. The van der Waals surface area contributed by atoms with Crippen molar-refractivity contribution < 1.29 is 19.1 Å². The van der Waals surface area contributed by atoms with E-state index in [0.717, 1.165) is 46.7 Å². The van der Waals surface area contributed by atoms with Crippen LogP contribution < -0.4 is 10.6 Å². The number of rotatable bonds is 11. The van der Waals surface area contributed by atoms with E-state index in [2.05, 4.69) is 17.6 Å². The quantitative estimate of drug-likeness (QED) is 0.230. The fourth-order valence-corrected chi connectivity index (χ4v) is 5.19. The molecule has 3 amide bonds. The highest BCUT2D eigenvalue weighted by molar-refractivity contribution is 6.00. The van der Waals surface area contributed by atoms with Crippen molar-refractivity contribution >= 4 is 34.4 Å². The van der Waals surface area contributed by atoms with E-state index >= 15 is 0 Å². The zero-order valence-electron chi connectivity index (χ0n) is 26.4. The number of alkyl carbamates (subject to hydrolysis) is 1. The summed E-state index contributed by atoms with van der Waals surface area (Å²) >= 11 is 0. The summed E-state index contributed by atoms with van der Waals surface area (Å²) in [4.78, 5) is 43.2. The third-order valence-electron chi connectivity index (χ3n) is 7.28. The number of benzene rings is 3. The predicted octanol–water partition coefficient (Wildman–Crippen LogP) is 7.70. The molecule has 42 heavy (non-hydrogen) atoms. The van der Waals surface area contributed by atoms with Crippen LogP contribution in [0, 0.1) is 19.8 Å². The molecule has 2 unspecified atom stereocenters. The zero-order chi connectivity index (χ0) is 31.0. The molecule has 3 rings (SSSR count). The summed E-state index contributed by atoms with van der Waals surface area (Å²) in [7, 11) is 0. The molecule has 0 bridgehead atoms.